The van der Waals surface area contributed by atoms with Crippen LogP contribution in [0.4, 0.5) is 15.8 Å². The number of benzene rings is 2. The quantitative estimate of drug-likeness (QED) is 0.715. The Balaban J connectivity index is 1.70. The summed E-state index contributed by atoms with van der Waals surface area (Å²) in [6, 6.07) is 15.1. The van der Waals surface area contributed by atoms with Crippen LogP contribution in [0.2, 0.25) is 0 Å². The van der Waals surface area contributed by atoms with Gasteiger partial charge in [0.05, 0.1) is 11.4 Å². The van der Waals surface area contributed by atoms with E-state index in [2.05, 4.69) is 0 Å². The number of nitrogens with zero attached hydrogens (tertiary/aromatic N) is 4. The van der Waals surface area contributed by atoms with Crippen LogP contribution in [-0.4, -0.2) is 70.3 Å². The molecule has 156 valence electrons. The average molecular weight is 421 g/mol. The van der Waals surface area contributed by atoms with E-state index in [1.54, 1.807) is 53.4 Å². The third-order valence-electron chi connectivity index (χ3n) is 4.89. The number of halogens is 1. The van der Waals surface area contributed by atoms with Gasteiger partial charge in [0, 0.05) is 40.3 Å². The fraction of sp³-hybridized carbons (Fsp3) is 0.350. The predicted octanol–water partition coefficient (Wildman–Crippen LogP) is 1.79. The van der Waals surface area contributed by atoms with Gasteiger partial charge in [-0.05, 0) is 24.3 Å². The summed E-state index contributed by atoms with van der Waals surface area (Å²) in [5.74, 6) is -0.577. The maximum Gasteiger partial charge on any atom is 0.304 e. The van der Waals surface area contributed by atoms with Gasteiger partial charge >= 0.3 is 10.2 Å². The van der Waals surface area contributed by atoms with E-state index in [1.165, 1.54) is 20.2 Å². The molecule has 0 aliphatic carbocycles. The second kappa shape index (κ2) is 8.79. The number of rotatable bonds is 6. The van der Waals surface area contributed by atoms with Crippen LogP contribution in [0, 0.1) is 5.82 Å². The molecule has 1 heterocycles. The first-order chi connectivity index (χ1) is 13.8. The molecule has 7 nitrogen and oxygen atoms in total. The van der Waals surface area contributed by atoms with Crippen LogP contribution < -0.4 is 9.21 Å². The Labute approximate surface area is 171 Å². The third kappa shape index (κ3) is 4.68. The summed E-state index contributed by atoms with van der Waals surface area (Å²) in [6.45, 7) is 1.48. The maximum atomic E-state index is 14.0. The Morgan fingerprint density at radius 3 is 2.14 bits per heavy atom. The van der Waals surface area contributed by atoms with Crippen molar-refractivity contribution in [3.05, 3.63) is 60.4 Å². The highest BCUT2D eigenvalue weighted by Crippen LogP contribution is 2.22. The highest BCUT2D eigenvalue weighted by atomic mass is 32.2. The van der Waals surface area contributed by atoms with Crippen LogP contribution in [0.25, 0.3) is 0 Å². The van der Waals surface area contributed by atoms with Crippen LogP contribution in [0.1, 0.15) is 0 Å². The van der Waals surface area contributed by atoms with E-state index < -0.39 is 10.2 Å². The number of hydrogen-bond donors (Lipinski definition) is 0. The molecule has 2 aromatic rings. The molecule has 0 spiro atoms. The van der Waals surface area contributed by atoms with Gasteiger partial charge in [-0.2, -0.15) is 12.7 Å². The molecule has 9 heteroatoms. The van der Waals surface area contributed by atoms with E-state index in [1.807, 2.05) is 4.90 Å². The first kappa shape index (κ1) is 21.1. The molecular weight excluding hydrogens is 395 g/mol. The number of carbonyl (C=O) groups is 1. The first-order valence-corrected chi connectivity index (χ1v) is 10.7. The molecule has 0 bridgehead atoms. The summed E-state index contributed by atoms with van der Waals surface area (Å²) in [4.78, 5) is 16.4. The van der Waals surface area contributed by atoms with Crippen molar-refractivity contribution in [2.45, 2.75) is 0 Å². The smallest absolute Gasteiger partial charge is 0.304 e. The Kier molecular flexibility index (Phi) is 6.39. The molecule has 0 unspecified atom stereocenters. The molecule has 1 fully saturated rings. The van der Waals surface area contributed by atoms with Gasteiger partial charge in [0.2, 0.25) is 5.91 Å². The molecule has 1 aliphatic heterocycles. The second-order valence-electron chi connectivity index (χ2n) is 6.95. The summed E-state index contributed by atoms with van der Waals surface area (Å²) in [5.41, 5.74) is 0.945. The highest BCUT2D eigenvalue weighted by molar-refractivity contribution is 7.90. The van der Waals surface area contributed by atoms with Gasteiger partial charge in [0.15, 0.2) is 0 Å². The molecular formula is C20H25FN4O3S. The topological polar surface area (TPSA) is 64.2 Å². The fourth-order valence-electron chi connectivity index (χ4n) is 3.23. The lowest BCUT2D eigenvalue weighted by Crippen LogP contribution is -2.53. The molecule has 3 rings (SSSR count). The first-order valence-electron chi connectivity index (χ1n) is 9.33. The average Bonchev–Trinajstić information content (AvgIpc) is 2.72. The van der Waals surface area contributed by atoms with Crippen molar-refractivity contribution < 1.29 is 17.6 Å². The number of piperazine rings is 1. The predicted molar refractivity (Wildman–Crippen MR) is 112 cm³/mol. The molecule has 0 aromatic heterocycles. The number of amides is 1. The van der Waals surface area contributed by atoms with Crippen molar-refractivity contribution in [3.63, 3.8) is 0 Å². The number of anilines is 2. The molecule has 0 saturated carbocycles. The largest absolute Gasteiger partial charge is 0.366 e. The zero-order valence-electron chi connectivity index (χ0n) is 16.5. The second-order valence-corrected chi connectivity index (χ2v) is 9.02. The molecule has 1 saturated heterocycles. The number of carbonyl (C=O) groups excluding carboxylic acids is 1. The van der Waals surface area contributed by atoms with Crippen molar-refractivity contribution in [1.29, 1.82) is 0 Å². The van der Waals surface area contributed by atoms with Crippen molar-refractivity contribution in [2.75, 3.05) is 56.0 Å². The summed E-state index contributed by atoms with van der Waals surface area (Å²) < 4.78 is 41.7. The molecule has 1 amide bonds. The standard InChI is InChI=1S/C20H25FN4O3S/c1-22(2)29(27,28)25(17-8-4-3-5-9-17)16-20(26)24-14-12-23(13-15-24)19-11-7-6-10-18(19)21/h3-11H,12-16H2,1-2H3. The Morgan fingerprint density at radius 2 is 1.55 bits per heavy atom. The zero-order valence-corrected chi connectivity index (χ0v) is 17.3. The van der Waals surface area contributed by atoms with Crippen LogP contribution >= 0.6 is 0 Å². The number of para-hydroxylation sites is 2. The lowest BCUT2D eigenvalue weighted by Gasteiger charge is -2.37. The van der Waals surface area contributed by atoms with Gasteiger partial charge in [-0.25, -0.2) is 8.70 Å². The third-order valence-corrected chi connectivity index (χ3v) is 6.71. The lowest BCUT2D eigenvalue weighted by atomic mass is 10.2. The van der Waals surface area contributed by atoms with Crippen molar-refractivity contribution in [1.82, 2.24) is 9.21 Å². The van der Waals surface area contributed by atoms with Gasteiger partial charge < -0.3 is 9.80 Å². The van der Waals surface area contributed by atoms with Crippen LogP contribution in [-0.2, 0) is 15.0 Å². The molecule has 1 aliphatic rings. The monoisotopic (exact) mass is 420 g/mol. The summed E-state index contributed by atoms with van der Waals surface area (Å²) >= 11 is 0. The maximum absolute atomic E-state index is 14.0. The fourth-order valence-corrected chi connectivity index (χ4v) is 4.28. The molecule has 29 heavy (non-hydrogen) atoms. The van der Waals surface area contributed by atoms with Crippen molar-refractivity contribution in [2.24, 2.45) is 0 Å². The zero-order chi connectivity index (χ0) is 21.0. The van der Waals surface area contributed by atoms with Gasteiger partial charge in [-0.15, -0.1) is 0 Å². The minimum Gasteiger partial charge on any atom is -0.366 e. The van der Waals surface area contributed by atoms with Gasteiger partial charge in [0.25, 0.3) is 0 Å². The van der Waals surface area contributed by atoms with E-state index >= 15 is 0 Å². The number of hydrogen-bond acceptors (Lipinski definition) is 4. The van der Waals surface area contributed by atoms with E-state index in [-0.39, 0.29) is 18.3 Å². The summed E-state index contributed by atoms with van der Waals surface area (Å²) in [7, 11) is -0.959. The minimum atomic E-state index is -3.83. The highest BCUT2D eigenvalue weighted by Gasteiger charge is 2.30. The van der Waals surface area contributed by atoms with E-state index in [9.17, 15) is 17.6 Å². The van der Waals surface area contributed by atoms with Crippen molar-refractivity contribution in [3.8, 4) is 0 Å². The van der Waals surface area contributed by atoms with Crippen LogP contribution in [0.5, 0.6) is 0 Å². The van der Waals surface area contributed by atoms with E-state index in [0.29, 0.717) is 37.6 Å². The van der Waals surface area contributed by atoms with Crippen LogP contribution in [0.15, 0.2) is 54.6 Å². The SMILES string of the molecule is CN(C)S(=O)(=O)N(CC(=O)N1CCN(c2ccccc2F)CC1)c1ccccc1. The van der Waals surface area contributed by atoms with Gasteiger partial charge in [-0.3, -0.25) is 4.79 Å². The summed E-state index contributed by atoms with van der Waals surface area (Å²) in [5, 5.41) is 0. The van der Waals surface area contributed by atoms with Gasteiger partial charge in [-0.1, -0.05) is 30.3 Å². The van der Waals surface area contributed by atoms with Crippen LogP contribution in [0.3, 0.4) is 0 Å². The normalized spacial score (nSPS) is 14.9. The van der Waals surface area contributed by atoms with E-state index in [4.69, 9.17) is 0 Å². The molecule has 0 atom stereocenters. The van der Waals surface area contributed by atoms with E-state index in [0.717, 1.165) is 8.61 Å². The Morgan fingerprint density at radius 1 is 0.966 bits per heavy atom. The Hall–Kier alpha value is -2.65. The minimum absolute atomic E-state index is 0.285. The molecule has 0 N–H and O–H groups in total. The summed E-state index contributed by atoms with van der Waals surface area (Å²) in [6.07, 6.45) is 0. The molecule has 0 radical (unpaired) electrons. The molecule has 2 aromatic carbocycles. The lowest BCUT2D eigenvalue weighted by molar-refractivity contribution is -0.129. The Bertz CT molecular complexity index is 945. The van der Waals surface area contributed by atoms with Crippen molar-refractivity contribution >= 4 is 27.5 Å². The van der Waals surface area contributed by atoms with Gasteiger partial charge in [0.1, 0.15) is 12.4 Å².